The van der Waals surface area contributed by atoms with E-state index in [4.69, 9.17) is 0 Å². The van der Waals surface area contributed by atoms with E-state index in [2.05, 4.69) is 14.7 Å². The second-order valence-electron chi connectivity index (χ2n) is 5.74. The molecule has 0 aliphatic rings. The molecule has 2 aromatic heterocycles. The number of aromatic amines is 1. The van der Waals surface area contributed by atoms with Crippen molar-refractivity contribution in [3.05, 3.63) is 78.9 Å². The van der Waals surface area contributed by atoms with E-state index >= 15 is 0 Å². The summed E-state index contributed by atoms with van der Waals surface area (Å²) < 4.78 is 40.2. The first-order valence-corrected chi connectivity index (χ1v) is 9.32. The second-order valence-corrected chi connectivity index (χ2v) is 7.42. The lowest BCUT2D eigenvalue weighted by atomic mass is 10.0. The van der Waals surface area contributed by atoms with E-state index in [0.717, 1.165) is 34.3 Å². The van der Waals surface area contributed by atoms with Crippen LogP contribution in [-0.2, 0) is 10.0 Å². The van der Waals surface area contributed by atoms with Crippen molar-refractivity contribution in [2.45, 2.75) is 4.90 Å². The smallest absolute Gasteiger partial charge is 0.261 e. The van der Waals surface area contributed by atoms with Crippen LogP contribution in [0.4, 0.5) is 10.1 Å². The number of hydrogen-bond donors (Lipinski definition) is 2. The maximum Gasteiger partial charge on any atom is 0.261 e. The summed E-state index contributed by atoms with van der Waals surface area (Å²) >= 11 is 0. The van der Waals surface area contributed by atoms with E-state index in [1.807, 2.05) is 30.5 Å². The fourth-order valence-corrected chi connectivity index (χ4v) is 3.82. The van der Waals surface area contributed by atoms with Gasteiger partial charge in [0, 0.05) is 23.5 Å². The first-order valence-electron chi connectivity index (χ1n) is 7.84. The van der Waals surface area contributed by atoms with E-state index in [0.29, 0.717) is 5.69 Å². The van der Waals surface area contributed by atoms with Crippen molar-refractivity contribution in [3.8, 4) is 11.1 Å². The molecule has 26 heavy (non-hydrogen) atoms. The van der Waals surface area contributed by atoms with E-state index in [1.54, 1.807) is 18.3 Å². The first kappa shape index (κ1) is 16.3. The number of nitrogens with one attached hydrogen (secondary N) is 2. The van der Waals surface area contributed by atoms with Crippen molar-refractivity contribution in [1.82, 2.24) is 9.97 Å². The third-order valence-electron chi connectivity index (χ3n) is 4.03. The normalized spacial score (nSPS) is 11.6. The van der Waals surface area contributed by atoms with Crippen LogP contribution in [-0.4, -0.2) is 18.4 Å². The molecular formula is C19H14FN3O2S. The van der Waals surface area contributed by atoms with Crippen LogP contribution < -0.4 is 4.72 Å². The lowest BCUT2D eigenvalue weighted by Gasteiger charge is -2.09. The number of fused-ring (bicyclic) bond motifs is 1. The molecule has 0 spiro atoms. The molecule has 130 valence electrons. The summed E-state index contributed by atoms with van der Waals surface area (Å²) in [4.78, 5) is 7.33. The Morgan fingerprint density at radius 3 is 2.38 bits per heavy atom. The van der Waals surface area contributed by atoms with Gasteiger partial charge in [0.25, 0.3) is 10.0 Å². The van der Waals surface area contributed by atoms with Gasteiger partial charge < -0.3 is 4.98 Å². The number of halogens is 1. The highest BCUT2D eigenvalue weighted by molar-refractivity contribution is 7.92. The van der Waals surface area contributed by atoms with Crippen molar-refractivity contribution >= 4 is 26.7 Å². The third-order valence-corrected chi connectivity index (χ3v) is 5.43. The largest absolute Gasteiger partial charge is 0.346 e. The average Bonchev–Trinajstić information content (AvgIpc) is 3.11. The molecule has 5 nitrogen and oxygen atoms in total. The van der Waals surface area contributed by atoms with Crippen LogP contribution in [0.1, 0.15) is 0 Å². The van der Waals surface area contributed by atoms with Gasteiger partial charge in [-0.1, -0.05) is 12.1 Å². The minimum absolute atomic E-state index is 0.00569. The number of anilines is 1. The quantitative estimate of drug-likeness (QED) is 0.568. The van der Waals surface area contributed by atoms with Gasteiger partial charge in [-0.2, -0.15) is 0 Å². The molecule has 0 amide bonds. The Kier molecular flexibility index (Phi) is 3.93. The molecule has 0 aliphatic heterocycles. The Morgan fingerprint density at radius 1 is 0.923 bits per heavy atom. The summed E-state index contributed by atoms with van der Waals surface area (Å²) in [5.41, 5.74) is 3.17. The summed E-state index contributed by atoms with van der Waals surface area (Å²) in [6.07, 6.45) is 3.55. The Balaban J connectivity index is 1.62. The molecule has 0 aliphatic carbocycles. The van der Waals surface area contributed by atoms with Crippen molar-refractivity contribution in [3.63, 3.8) is 0 Å². The van der Waals surface area contributed by atoms with Crippen LogP contribution in [0.3, 0.4) is 0 Å². The monoisotopic (exact) mass is 367 g/mol. The molecule has 2 heterocycles. The Labute approximate surface area is 149 Å². The number of sulfonamides is 1. The van der Waals surface area contributed by atoms with Gasteiger partial charge in [0.15, 0.2) is 0 Å². The van der Waals surface area contributed by atoms with Crippen molar-refractivity contribution in [2.24, 2.45) is 0 Å². The first-order chi connectivity index (χ1) is 12.5. The highest BCUT2D eigenvalue weighted by atomic mass is 32.2. The minimum atomic E-state index is -3.76. The maximum absolute atomic E-state index is 13.0. The van der Waals surface area contributed by atoms with Gasteiger partial charge in [-0.25, -0.2) is 17.8 Å². The van der Waals surface area contributed by atoms with Crippen molar-refractivity contribution < 1.29 is 12.8 Å². The van der Waals surface area contributed by atoms with E-state index in [9.17, 15) is 12.8 Å². The predicted octanol–water partition coefficient (Wildman–Crippen LogP) is 4.17. The highest BCUT2D eigenvalue weighted by Gasteiger charge is 2.14. The molecule has 0 fully saturated rings. The zero-order valence-corrected chi connectivity index (χ0v) is 14.3. The molecular weight excluding hydrogens is 353 g/mol. The van der Waals surface area contributed by atoms with Crippen LogP contribution in [0.5, 0.6) is 0 Å². The zero-order chi connectivity index (χ0) is 18.1. The van der Waals surface area contributed by atoms with Gasteiger partial charge in [-0.3, -0.25) is 4.72 Å². The van der Waals surface area contributed by atoms with Crippen LogP contribution >= 0.6 is 0 Å². The molecule has 0 saturated heterocycles. The zero-order valence-electron chi connectivity index (χ0n) is 13.5. The van der Waals surface area contributed by atoms with Crippen molar-refractivity contribution in [2.75, 3.05) is 4.72 Å². The molecule has 4 aromatic rings. The standard InChI is InChI=1S/C19H14FN3O2S/c20-14-3-7-16(8-4-14)26(24,25)23-15-5-1-13(2-6-15)17-9-11-21-19-18(17)10-12-22-19/h1-12,23H,(H,21,22). The van der Waals surface area contributed by atoms with Crippen LogP contribution in [0.2, 0.25) is 0 Å². The number of H-pyrrole nitrogens is 1. The van der Waals surface area contributed by atoms with Gasteiger partial charge in [-0.05, 0) is 59.7 Å². The number of hydrogen-bond acceptors (Lipinski definition) is 3. The van der Waals surface area contributed by atoms with Crippen LogP contribution in [0.25, 0.3) is 22.2 Å². The second kappa shape index (κ2) is 6.27. The van der Waals surface area contributed by atoms with E-state index < -0.39 is 15.8 Å². The maximum atomic E-state index is 13.0. The SMILES string of the molecule is O=S(=O)(Nc1ccc(-c2ccnc3[nH]ccc23)cc1)c1ccc(F)cc1. The van der Waals surface area contributed by atoms with Gasteiger partial charge >= 0.3 is 0 Å². The van der Waals surface area contributed by atoms with Crippen molar-refractivity contribution in [1.29, 1.82) is 0 Å². The predicted molar refractivity (Wildman–Crippen MR) is 98.7 cm³/mol. The number of benzene rings is 2. The van der Waals surface area contributed by atoms with Crippen LogP contribution in [0.15, 0.2) is 78.0 Å². The van der Waals surface area contributed by atoms with Gasteiger partial charge in [0.2, 0.25) is 0 Å². The summed E-state index contributed by atoms with van der Waals surface area (Å²) in [6, 6.07) is 15.6. The fraction of sp³-hybridized carbons (Fsp3) is 0. The molecule has 4 rings (SSSR count). The Hall–Kier alpha value is -3.19. The average molecular weight is 367 g/mol. The van der Waals surface area contributed by atoms with Gasteiger partial charge in [-0.15, -0.1) is 0 Å². The summed E-state index contributed by atoms with van der Waals surface area (Å²) in [6.45, 7) is 0. The van der Waals surface area contributed by atoms with E-state index in [-0.39, 0.29) is 4.90 Å². The van der Waals surface area contributed by atoms with Gasteiger partial charge in [0.05, 0.1) is 4.90 Å². The molecule has 0 bridgehead atoms. The van der Waals surface area contributed by atoms with Gasteiger partial charge in [0.1, 0.15) is 11.5 Å². The number of nitrogens with zero attached hydrogens (tertiary/aromatic N) is 1. The van der Waals surface area contributed by atoms with E-state index in [1.165, 1.54) is 12.1 Å². The fourth-order valence-electron chi connectivity index (χ4n) is 2.76. The highest BCUT2D eigenvalue weighted by Crippen LogP contribution is 2.28. The summed E-state index contributed by atoms with van der Waals surface area (Å²) in [7, 11) is -3.76. The third kappa shape index (κ3) is 3.04. The number of rotatable bonds is 4. The molecule has 0 unspecified atom stereocenters. The molecule has 2 N–H and O–H groups in total. The number of pyridine rings is 1. The molecule has 0 radical (unpaired) electrons. The van der Waals surface area contributed by atoms with Crippen LogP contribution in [0, 0.1) is 5.82 Å². The molecule has 0 atom stereocenters. The molecule has 7 heteroatoms. The lowest BCUT2D eigenvalue weighted by Crippen LogP contribution is -2.12. The lowest BCUT2D eigenvalue weighted by molar-refractivity contribution is 0.599. The Bertz CT molecular complexity index is 1170. The Morgan fingerprint density at radius 2 is 1.65 bits per heavy atom. The minimum Gasteiger partial charge on any atom is -0.346 e. The summed E-state index contributed by atoms with van der Waals surface area (Å²) in [5.74, 6) is -0.485. The molecule has 0 saturated carbocycles. The molecule has 2 aromatic carbocycles. The summed E-state index contributed by atoms with van der Waals surface area (Å²) in [5, 5.41) is 0.993. The number of aromatic nitrogens is 2. The topological polar surface area (TPSA) is 74.8 Å².